The lowest BCUT2D eigenvalue weighted by molar-refractivity contribution is 0.0665. The van der Waals surface area contributed by atoms with Gasteiger partial charge in [-0.05, 0) is 68.9 Å². The third-order valence-corrected chi connectivity index (χ3v) is 5.16. The molecule has 5 nitrogen and oxygen atoms in total. The lowest BCUT2D eigenvalue weighted by Crippen LogP contribution is -2.22. The fourth-order valence-corrected chi connectivity index (χ4v) is 3.62. The highest BCUT2D eigenvalue weighted by Crippen LogP contribution is 2.36. The topological polar surface area (TPSA) is 72.8 Å². The molecule has 2 aromatic rings. The number of benzene rings is 2. The zero-order valence-electron chi connectivity index (χ0n) is 10.9. The van der Waals surface area contributed by atoms with Crippen LogP contribution in [0.1, 0.15) is 26.3 Å². The molecular weight excluding hydrogens is 514 g/mol. The largest absolute Gasteiger partial charge is 0.422 e. The summed E-state index contributed by atoms with van der Waals surface area (Å²) < 4.78 is 11.8. The first kappa shape index (κ1) is 15.7. The number of esters is 2. The van der Waals surface area contributed by atoms with Crippen LogP contribution in [-0.2, 0) is 6.61 Å². The molecule has 0 amide bonds. The van der Waals surface area contributed by atoms with Crippen LogP contribution >= 0.6 is 45.2 Å². The molecule has 0 aliphatic carbocycles. The van der Waals surface area contributed by atoms with E-state index in [1.165, 1.54) is 6.07 Å². The highest BCUT2D eigenvalue weighted by atomic mass is 127. The SMILES string of the molecule is O=C1Oc2c(I)c(CO)cc(I)c2C(=O)Oc2ccccc21. The molecule has 0 radical (unpaired) electrons. The number of aliphatic hydroxyl groups is 1. The summed E-state index contributed by atoms with van der Waals surface area (Å²) in [7, 11) is 0. The summed E-state index contributed by atoms with van der Waals surface area (Å²) in [6.45, 7) is -0.218. The number of aliphatic hydroxyl groups excluding tert-OH is 1. The van der Waals surface area contributed by atoms with Gasteiger partial charge in [-0.3, -0.25) is 0 Å². The molecule has 0 unspecified atom stereocenters. The van der Waals surface area contributed by atoms with Gasteiger partial charge < -0.3 is 14.6 Å². The predicted molar refractivity (Wildman–Crippen MR) is 94.2 cm³/mol. The Morgan fingerprint density at radius 3 is 2.50 bits per heavy atom. The van der Waals surface area contributed by atoms with Crippen molar-refractivity contribution in [3.05, 3.63) is 54.2 Å². The molecule has 0 aromatic heterocycles. The second kappa shape index (κ2) is 6.13. The van der Waals surface area contributed by atoms with Crippen LogP contribution in [0, 0.1) is 7.14 Å². The molecule has 7 heteroatoms. The van der Waals surface area contributed by atoms with Crippen LogP contribution in [0.5, 0.6) is 11.5 Å². The molecule has 112 valence electrons. The van der Waals surface area contributed by atoms with Crippen LogP contribution < -0.4 is 9.47 Å². The smallest absolute Gasteiger partial charge is 0.348 e. The lowest BCUT2D eigenvalue weighted by atomic mass is 10.1. The van der Waals surface area contributed by atoms with Crippen LogP contribution in [0.25, 0.3) is 0 Å². The Labute approximate surface area is 152 Å². The third kappa shape index (κ3) is 2.61. The van der Waals surface area contributed by atoms with Gasteiger partial charge in [0.15, 0.2) is 5.75 Å². The van der Waals surface area contributed by atoms with Crippen LogP contribution in [0.4, 0.5) is 0 Å². The summed E-state index contributed by atoms with van der Waals surface area (Å²) in [5.74, 6) is -0.906. The Kier molecular flexibility index (Phi) is 4.37. The Hall–Kier alpha value is -1.20. The molecule has 0 saturated carbocycles. The van der Waals surface area contributed by atoms with E-state index in [-0.39, 0.29) is 29.2 Å². The quantitative estimate of drug-likeness (QED) is 0.354. The van der Waals surface area contributed by atoms with Crippen molar-refractivity contribution in [2.45, 2.75) is 6.61 Å². The number of para-hydroxylation sites is 1. The molecule has 0 bridgehead atoms. The fraction of sp³-hybridized carbons (Fsp3) is 0.0667. The number of hydrogen-bond acceptors (Lipinski definition) is 5. The Morgan fingerprint density at radius 1 is 1.05 bits per heavy atom. The van der Waals surface area contributed by atoms with Crippen LogP contribution in [0.2, 0.25) is 0 Å². The number of ether oxygens (including phenoxy) is 2. The fourth-order valence-electron chi connectivity index (χ4n) is 2.08. The Balaban J connectivity index is 2.23. The van der Waals surface area contributed by atoms with E-state index in [1.807, 2.05) is 45.2 Å². The van der Waals surface area contributed by atoms with E-state index in [4.69, 9.17) is 9.47 Å². The minimum absolute atomic E-state index is 0.126. The summed E-state index contributed by atoms with van der Waals surface area (Å²) in [6.07, 6.45) is 0. The molecule has 0 spiro atoms. The second-order valence-corrected chi connectivity index (χ2v) is 6.71. The van der Waals surface area contributed by atoms with E-state index in [0.717, 1.165) is 0 Å². The minimum Gasteiger partial charge on any atom is -0.422 e. The number of halogens is 2. The first-order chi connectivity index (χ1) is 10.5. The minimum atomic E-state index is -0.604. The summed E-state index contributed by atoms with van der Waals surface area (Å²) >= 11 is 3.90. The molecule has 3 rings (SSSR count). The van der Waals surface area contributed by atoms with E-state index in [1.54, 1.807) is 24.3 Å². The molecule has 1 heterocycles. The van der Waals surface area contributed by atoms with Crippen molar-refractivity contribution in [1.29, 1.82) is 0 Å². The molecule has 1 aliphatic rings. The van der Waals surface area contributed by atoms with Crippen molar-refractivity contribution >= 4 is 57.1 Å². The molecule has 0 saturated heterocycles. The van der Waals surface area contributed by atoms with Gasteiger partial charge in [0.1, 0.15) is 16.9 Å². The Morgan fingerprint density at radius 2 is 1.77 bits per heavy atom. The number of fused-ring (bicyclic) bond motifs is 2. The van der Waals surface area contributed by atoms with Crippen LogP contribution in [0.3, 0.4) is 0 Å². The predicted octanol–water partition coefficient (Wildman–Crippen LogP) is 3.14. The van der Waals surface area contributed by atoms with Crippen molar-refractivity contribution in [2.75, 3.05) is 0 Å². The van der Waals surface area contributed by atoms with E-state index in [9.17, 15) is 14.7 Å². The van der Waals surface area contributed by atoms with Gasteiger partial charge in [0.25, 0.3) is 0 Å². The molecule has 0 fully saturated rings. The molecule has 2 aromatic carbocycles. The maximum atomic E-state index is 12.4. The van der Waals surface area contributed by atoms with Gasteiger partial charge in [0.05, 0.1) is 10.2 Å². The molecular formula is C15H8I2O5. The summed E-state index contributed by atoms with van der Waals surface area (Å²) in [6, 6.07) is 8.08. The zero-order valence-corrected chi connectivity index (χ0v) is 15.2. The number of carbonyl (C=O) groups excluding carboxylic acids is 2. The average molecular weight is 522 g/mol. The van der Waals surface area contributed by atoms with Crippen molar-refractivity contribution in [3.8, 4) is 11.5 Å². The summed E-state index contributed by atoms with van der Waals surface area (Å²) in [5, 5.41) is 9.40. The van der Waals surface area contributed by atoms with E-state index < -0.39 is 11.9 Å². The molecule has 1 aliphatic heterocycles. The maximum Gasteiger partial charge on any atom is 0.348 e. The molecule has 22 heavy (non-hydrogen) atoms. The van der Waals surface area contributed by atoms with E-state index in [0.29, 0.717) is 12.7 Å². The molecule has 0 atom stereocenters. The third-order valence-electron chi connectivity index (χ3n) is 3.13. The van der Waals surface area contributed by atoms with Gasteiger partial charge >= 0.3 is 11.9 Å². The number of rotatable bonds is 1. The van der Waals surface area contributed by atoms with Gasteiger partial charge in [-0.15, -0.1) is 0 Å². The first-order valence-electron chi connectivity index (χ1n) is 6.18. The van der Waals surface area contributed by atoms with E-state index >= 15 is 0 Å². The van der Waals surface area contributed by atoms with Crippen molar-refractivity contribution in [2.24, 2.45) is 0 Å². The maximum absolute atomic E-state index is 12.4. The Bertz CT molecular complexity index is 801. The standard InChI is InChI=1S/C15H8I2O5/c16-9-5-7(6-18)12(17)13-11(9)15(20)21-10-4-2-1-3-8(10)14(19)22-13/h1-5,18H,6H2. The zero-order chi connectivity index (χ0) is 15.9. The van der Waals surface area contributed by atoms with Gasteiger partial charge in [-0.1, -0.05) is 12.1 Å². The van der Waals surface area contributed by atoms with E-state index in [2.05, 4.69) is 0 Å². The van der Waals surface area contributed by atoms with Gasteiger partial charge in [0.2, 0.25) is 0 Å². The second-order valence-electron chi connectivity index (χ2n) is 4.47. The number of carbonyl (C=O) groups is 2. The molecule has 1 N–H and O–H groups in total. The van der Waals surface area contributed by atoms with Crippen LogP contribution in [-0.4, -0.2) is 17.0 Å². The summed E-state index contributed by atoms with van der Waals surface area (Å²) in [4.78, 5) is 24.7. The van der Waals surface area contributed by atoms with Crippen LogP contribution in [0.15, 0.2) is 30.3 Å². The van der Waals surface area contributed by atoms with Crippen molar-refractivity contribution in [1.82, 2.24) is 0 Å². The van der Waals surface area contributed by atoms with Crippen molar-refractivity contribution in [3.63, 3.8) is 0 Å². The normalized spacial score (nSPS) is 13.4. The summed E-state index contributed by atoms with van der Waals surface area (Å²) in [5.41, 5.74) is 0.949. The van der Waals surface area contributed by atoms with Crippen molar-refractivity contribution < 1.29 is 24.2 Å². The number of hydrogen-bond donors (Lipinski definition) is 1. The van der Waals surface area contributed by atoms with Gasteiger partial charge in [0, 0.05) is 3.57 Å². The average Bonchev–Trinajstić information content (AvgIpc) is 2.49. The van der Waals surface area contributed by atoms with Gasteiger partial charge in [-0.2, -0.15) is 0 Å². The highest BCUT2D eigenvalue weighted by Gasteiger charge is 2.30. The first-order valence-corrected chi connectivity index (χ1v) is 8.33. The highest BCUT2D eigenvalue weighted by molar-refractivity contribution is 14.1. The monoisotopic (exact) mass is 522 g/mol. The van der Waals surface area contributed by atoms with Gasteiger partial charge in [-0.25, -0.2) is 9.59 Å². The lowest BCUT2D eigenvalue weighted by Gasteiger charge is -2.19.